The third-order valence-corrected chi connectivity index (χ3v) is 4.59. The molecule has 0 aliphatic carbocycles. The second-order valence-electron chi connectivity index (χ2n) is 4.90. The van der Waals surface area contributed by atoms with Crippen LogP contribution in [0.3, 0.4) is 0 Å². The topological polar surface area (TPSA) is 54.0 Å². The van der Waals surface area contributed by atoms with Crippen LogP contribution in [0.5, 0.6) is 0 Å². The summed E-state index contributed by atoms with van der Waals surface area (Å²) in [5.74, 6) is 0.549. The van der Waals surface area contributed by atoms with E-state index >= 15 is 0 Å². The van der Waals surface area contributed by atoms with Crippen LogP contribution in [-0.4, -0.2) is 14.6 Å². The first-order chi connectivity index (χ1) is 11.3. The highest BCUT2D eigenvalue weighted by molar-refractivity contribution is 7.13. The molecule has 4 aromatic rings. The second-order valence-corrected chi connectivity index (χ2v) is 6.29. The molecular formula is C17H9ClN4S. The Morgan fingerprint density at radius 3 is 2.78 bits per heavy atom. The Balaban J connectivity index is 2.00. The monoisotopic (exact) mass is 336 g/mol. The Hall–Kier alpha value is -2.68. The molecule has 0 amide bonds. The summed E-state index contributed by atoms with van der Waals surface area (Å²) >= 11 is 7.67. The number of hydrogen-bond donors (Lipinski definition) is 0. The van der Waals surface area contributed by atoms with Gasteiger partial charge in [0.05, 0.1) is 16.1 Å². The molecule has 3 aromatic heterocycles. The van der Waals surface area contributed by atoms with Crippen LogP contribution < -0.4 is 0 Å². The molecule has 0 N–H and O–H groups in total. The fourth-order valence-electron chi connectivity index (χ4n) is 2.41. The van der Waals surface area contributed by atoms with Crippen molar-refractivity contribution in [3.05, 3.63) is 64.5 Å². The van der Waals surface area contributed by atoms with Crippen LogP contribution in [-0.2, 0) is 0 Å². The highest BCUT2D eigenvalue weighted by atomic mass is 35.5. The maximum absolute atomic E-state index is 9.33. The second kappa shape index (κ2) is 5.51. The van der Waals surface area contributed by atoms with Gasteiger partial charge >= 0.3 is 0 Å². The lowest BCUT2D eigenvalue weighted by Gasteiger charge is -2.01. The zero-order valence-electron chi connectivity index (χ0n) is 11.8. The van der Waals surface area contributed by atoms with Gasteiger partial charge in [-0.2, -0.15) is 5.26 Å². The summed E-state index contributed by atoms with van der Waals surface area (Å²) in [4.78, 5) is 5.61. The van der Waals surface area contributed by atoms with Crippen molar-refractivity contribution < 1.29 is 0 Å². The van der Waals surface area contributed by atoms with Crippen LogP contribution in [0.25, 0.3) is 27.6 Å². The predicted octanol–water partition coefficient (Wildman–Crippen LogP) is 4.65. The number of thiophene rings is 1. The van der Waals surface area contributed by atoms with Gasteiger partial charge in [0, 0.05) is 10.6 Å². The summed E-state index contributed by atoms with van der Waals surface area (Å²) in [5.41, 5.74) is 2.77. The summed E-state index contributed by atoms with van der Waals surface area (Å²) in [7, 11) is 0. The number of pyridine rings is 1. The van der Waals surface area contributed by atoms with Gasteiger partial charge in [0.25, 0.3) is 0 Å². The third-order valence-electron chi connectivity index (χ3n) is 3.46. The summed E-state index contributed by atoms with van der Waals surface area (Å²) in [5, 5.41) is 16.6. The Kier molecular flexibility index (Phi) is 3.34. The van der Waals surface area contributed by atoms with E-state index in [4.69, 9.17) is 11.6 Å². The lowest BCUT2D eigenvalue weighted by molar-refractivity contribution is 0.975. The van der Waals surface area contributed by atoms with Gasteiger partial charge in [-0.3, -0.25) is 0 Å². The molecule has 0 unspecified atom stereocenters. The Bertz CT molecular complexity index is 1040. The minimum absolute atomic E-state index is 0.492. The molecule has 0 fully saturated rings. The number of benzene rings is 1. The summed E-state index contributed by atoms with van der Waals surface area (Å²) in [6.07, 6.45) is 0. The molecule has 6 heteroatoms. The van der Waals surface area contributed by atoms with Crippen molar-refractivity contribution >= 4 is 28.6 Å². The van der Waals surface area contributed by atoms with E-state index in [2.05, 4.69) is 16.2 Å². The van der Waals surface area contributed by atoms with Crippen LogP contribution in [0.1, 0.15) is 5.56 Å². The summed E-state index contributed by atoms with van der Waals surface area (Å²) in [6, 6.07) is 17.2. The van der Waals surface area contributed by atoms with Gasteiger partial charge in [-0.05, 0) is 35.7 Å². The van der Waals surface area contributed by atoms with Crippen LogP contribution >= 0.6 is 22.9 Å². The molecule has 3 heterocycles. The number of nitriles is 1. The minimum atomic E-state index is 0.492. The molecular weight excluding hydrogens is 328 g/mol. The van der Waals surface area contributed by atoms with E-state index in [9.17, 15) is 5.26 Å². The molecule has 4 nitrogen and oxygen atoms in total. The molecule has 0 aliphatic rings. The normalized spacial score (nSPS) is 10.8. The molecule has 0 atom stereocenters. The number of halogens is 1. The van der Waals surface area contributed by atoms with Gasteiger partial charge in [0.1, 0.15) is 6.07 Å². The molecule has 0 spiro atoms. The van der Waals surface area contributed by atoms with E-state index in [1.54, 1.807) is 28.0 Å². The molecule has 0 aliphatic heterocycles. The number of rotatable bonds is 2. The molecule has 0 saturated carbocycles. The van der Waals surface area contributed by atoms with Crippen molar-refractivity contribution in [3.8, 4) is 28.0 Å². The lowest BCUT2D eigenvalue weighted by Crippen LogP contribution is -1.95. The van der Waals surface area contributed by atoms with Crippen LogP contribution in [0, 0.1) is 11.3 Å². The van der Waals surface area contributed by atoms with Gasteiger partial charge in [-0.25, -0.2) is 9.50 Å². The quantitative estimate of drug-likeness (QED) is 0.535. The van der Waals surface area contributed by atoms with Crippen molar-refractivity contribution in [3.63, 3.8) is 0 Å². The number of nitrogens with zero attached hydrogens (tertiary/aromatic N) is 4. The van der Waals surface area contributed by atoms with Crippen LogP contribution in [0.4, 0.5) is 0 Å². The van der Waals surface area contributed by atoms with Crippen molar-refractivity contribution in [1.82, 2.24) is 14.6 Å². The first-order valence-electron chi connectivity index (χ1n) is 6.86. The molecule has 0 bridgehead atoms. The number of fused-ring (bicyclic) bond motifs is 1. The fourth-order valence-corrected chi connectivity index (χ4v) is 3.34. The molecule has 110 valence electrons. The average molecular weight is 337 g/mol. The molecule has 1 aromatic carbocycles. The van der Waals surface area contributed by atoms with Crippen molar-refractivity contribution in [2.24, 2.45) is 0 Å². The smallest absolute Gasteiger partial charge is 0.182 e. The maximum atomic E-state index is 9.33. The minimum Gasteiger partial charge on any atom is -0.210 e. The molecule has 0 saturated heterocycles. The average Bonchev–Trinajstić information content (AvgIpc) is 3.23. The first kappa shape index (κ1) is 13.9. The Morgan fingerprint density at radius 1 is 1.13 bits per heavy atom. The zero-order valence-corrected chi connectivity index (χ0v) is 13.3. The largest absolute Gasteiger partial charge is 0.210 e. The summed E-state index contributed by atoms with van der Waals surface area (Å²) in [6.45, 7) is 0. The van der Waals surface area contributed by atoms with Crippen molar-refractivity contribution in [2.75, 3.05) is 0 Å². The van der Waals surface area contributed by atoms with E-state index < -0.39 is 0 Å². The number of aromatic nitrogens is 3. The van der Waals surface area contributed by atoms with E-state index in [1.165, 1.54) is 0 Å². The zero-order chi connectivity index (χ0) is 15.8. The van der Waals surface area contributed by atoms with E-state index in [0.29, 0.717) is 22.1 Å². The predicted molar refractivity (Wildman–Crippen MR) is 91.5 cm³/mol. The highest BCUT2D eigenvalue weighted by Gasteiger charge is 2.14. The van der Waals surface area contributed by atoms with Crippen molar-refractivity contribution in [2.45, 2.75) is 0 Å². The Labute approximate surface area is 141 Å². The van der Waals surface area contributed by atoms with Gasteiger partial charge in [-0.15, -0.1) is 16.4 Å². The SMILES string of the molecule is N#Cc1ccc(-c2cccs2)n2nc(-c3cccc(Cl)c3)nc12. The van der Waals surface area contributed by atoms with E-state index in [-0.39, 0.29) is 0 Å². The van der Waals surface area contributed by atoms with Crippen LogP contribution in [0.15, 0.2) is 53.9 Å². The maximum Gasteiger partial charge on any atom is 0.182 e. The first-order valence-corrected chi connectivity index (χ1v) is 8.12. The van der Waals surface area contributed by atoms with Crippen molar-refractivity contribution in [1.29, 1.82) is 5.26 Å². The van der Waals surface area contributed by atoms with Gasteiger partial charge < -0.3 is 0 Å². The van der Waals surface area contributed by atoms with Gasteiger partial charge in [0.15, 0.2) is 11.5 Å². The highest BCUT2D eigenvalue weighted by Crippen LogP contribution is 2.28. The molecule has 23 heavy (non-hydrogen) atoms. The lowest BCUT2D eigenvalue weighted by atomic mass is 10.2. The Morgan fingerprint density at radius 2 is 2.04 bits per heavy atom. The number of hydrogen-bond acceptors (Lipinski definition) is 4. The molecule has 0 radical (unpaired) electrons. The van der Waals surface area contributed by atoms with E-state index in [1.807, 2.05) is 41.8 Å². The van der Waals surface area contributed by atoms with Gasteiger partial charge in [-0.1, -0.05) is 29.8 Å². The van der Waals surface area contributed by atoms with Crippen LogP contribution in [0.2, 0.25) is 5.02 Å². The fraction of sp³-hybridized carbons (Fsp3) is 0. The molecule has 4 rings (SSSR count). The van der Waals surface area contributed by atoms with E-state index in [0.717, 1.165) is 16.1 Å². The third kappa shape index (κ3) is 2.38. The standard InChI is InChI=1S/C17H9ClN4S/c18-13-4-1-3-11(9-13)16-20-17-12(10-19)6-7-14(22(17)21-16)15-5-2-8-23-15/h1-9H. The van der Waals surface area contributed by atoms with Gasteiger partial charge in [0.2, 0.25) is 0 Å². The summed E-state index contributed by atoms with van der Waals surface area (Å²) < 4.78 is 1.72.